The number of aromatic nitrogens is 3. The summed E-state index contributed by atoms with van der Waals surface area (Å²) in [6.45, 7) is 5.77. The predicted molar refractivity (Wildman–Crippen MR) is 142 cm³/mol. The fourth-order valence-corrected chi connectivity index (χ4v) is 6.48. The zero-order valence-corrected chi connectivity index (χ0v) is 22.4. The van der Waals surface area contributed by atoms with Crippen LogP contribution < -0.4 is 0 Å². The number of carboxylic acid groups (broad SMARTS) is 1. The Morgan fingerprint density at radius 3 is 2.59 bits per heavy atom. The van der Waals surface area contributed by atoms with Crippen LogP contribution in [-0.4, -0.2) is 44.6 Å². The number of thiophene rings is 1. The van der Waals surface area contributed by atoms with E-state index >= 15 is 0 Å². The van der Waals surface area contributed by atoms with Gasteiger partial charge in [-0.3, -0.25) is 19.1 Å². The second-order valence-electron chi connectivity index (χ2n) is 9.15. The number of rotatable bonds is 5. The maximum Gasteiger partial charge on any atom is 0.320 e. The van der Waals surface area contributed by atoms with Crippen molar-refractivity contribution in [3.05, 3.63) is 80.7 Å². The number of carboxylic acids is 1. The second kappa shape index (κ2) is 9.39. The smallest absolute Gasteiger partial charge is 0.320 e. The number of ether oxygens (including phenoxy) is 1. The highest BCUT2D eigenvalue weighted by atomic mass is 35.5. The van der Waals surface area contributed by atoms with Gasteiger partial charge in [-0.15, -0.1) is 21.5 Å². The van der Waals surface area contributed by atoms with Crippen LogP contribution in [-0.2, 0) is 14.3 Å². The summed E-state index contributed by atoms with van der Waals surface area (Å²) in [5.74, 6) is -0.469. The van der Waals surface area contributed by atoms with E-state index < -0.39 is 23.4 Å². The third kappa shape index (κ3) is 4.02. The maximum atomic E-state index is 13.1. The van der Waals surface area contributed by atoms with Gasteiger partial charge in [0.15, 0.2) is 5.82 Å². The van der Waals surface area contributed by atoms with Crippen LogP contribution in [0.2, 0.25) is 0 Å². The van der Waals surface area contributed by atoms with Crippen molar-refractivity contribution >= 4 is 46.2 Å². The number of hydrogen-bond donors (Lipinski definition) is 1. The summed E-state index contributed by atoms with van der Waals surface area (Å²) >= 11 is 8.34. The average Bonchev–Trinajstić information content (AvgIpc) is 3.36. The molecule has 8 nitrogen and oxygen atoms in total. The van der Waals surface area contributed by atoms with E-state index in [1.807, 2.05) is 55.7 Å². The van der Waals surface area contributed by atoms with Crippen molar-refractivity contribution in [3.63, 3.8) is 0 Å². The number of nitrogens with zero attached hydrogens (tertiary/aromatic N) is 4. The van der Waals surface area contributed by atoms with Crippen LogP contribution in [0.4, 0.5) is 0 Å². The number of hydrogen-bond acceptors (Lipinski definition) is 7. The summed E-state index contributed by atoms with van der Waals surface area (Å²) in [6.07, 6.45) is 3.34. The molecule has 2 aromatic heterocycles. The lowest BCUT2D eigenvalue weighted by molar-refractivity contribution is -0.142. The van der Waals surface area contributed by atoms with Gasteiger partial charge in [0.1, 0.15) is 22.3 Å². The molecule has 0 spiro atoms. The Morgan fingerprint density at radius 2 is 1.95 bits per heavy atom. The molecule has 1 aliphatic heterocycles. The predicted octanol–water partition coefficient (Wildman–Crippen LogP) is 5.34. The fraction of sp³-hybridized carbons (Fsp3) is 0.296. The quantitative estimate of drug-likeness (QED) is 0.441. The minimum atomic E-state index is -1.55. The molecule has 3 heterocycles. The van der Waals surface area contributed by atoms with Crippen molar-refractivity contribution in [3.8, 4) is 5.00 Å². The van der Waals surface area contributed by atoms with Gasteiger partial charge in [0, 0.05) is 21.9 Å². The van der Waals surface area contributed by atoms with Crippen molar-refractivity contribution in [2.24, 2.45) is 10.4 Å². The lowest BCUT2D eigenvalue weighted by Gasteiger charge is -2.32. The maximum absolute atomic E-state index is 13.1. The Hall–Kier alpha value is -3.56. The summed E-state index contributed by atoms with van der Waals surface area (Å²) in [5.41, 5.74) is 2.09. The highest BCUT2D eigenvalue weighted by Gasteiger charge is 2.48. The number of methoxy groups -OCH3 is 1. The van der Waals surface area contributed by atoms with Crippen LogP contribution in [0.1, 0.15) is 52.1 Å². The largest absolute Gasteiger partial charge is 0.480 e. The molecule has 1 N–H and O–H groups in total. The topological polar surface area (TPSA) is 107 Å². The van der Waals surface area contributed by atoms with Crippen LogP contribution in [0.5, 0.6) is 0 Å². The average molecular weight is 537 g/mol. The van der Waals surface area contributed by atoms with Crippen LogP contribution in [0.25, 0.3) is 10.6 Å². The minimum absolute atomic E-state index is 0.0156. The van der Waals surface area contributed by atoms with Crippen LogP contribution >= 0.6 is 22.9 Å². The highest BCUT2D eigenvalue weighted by Crippen LogP contribution is 2.48. The normalized spacial score (nSPS) is 20.7. The number of aliphatic imine (C=N–C) groups is 1. The molecule has 0 saturated carbocycles. The zero-order valence-electron chi connectivity index (χ0n) is 20.8. The Balaban J connectivity index is 1.75. The molecule has 2 aliphatic rings. The number of aryl methyl sites for hydroxylation is 2. The van der Waals surface area contributed by atoms with Crippen LogP contribution in [0.15, 0.2) is 52.5 Å². The summed E-state index contributed by atoms with van der Waals surface area (Å²) < 4.78 is 6.80. The first-order valence-corrected chi connectivity index (χ1v) is 12.9. The van der Waals surface area contributed by atoms with Gasteiger partial charge in [-0.1, -0.05) is 54.1 Å². The van der Waals surface area contributed by atoms with E-state index in [1.54, 1.807) is 12.2 Å². The summed E-state index contributed by atoms with van der Waals surface area (Å²) in [5, 5.41) is 20.5. The van der Waals surface area contributed by atoms with Gasteiger partial charge >= 0.3 is 11.9 Å². The second-order valence-corrected chi connectivity index (χ2v) is 10.8. The van der Waals surface area contributed by atoms with Crippen molar-refractivity contribution in [1.29, 1.82) is 0 Å². The number of aliphatic carboxylic acids is 1. The van der Waals surface area contributed by atoms with Gasteiger partial charge < -0.3 is 9.84 Å². The van der Waals surface area contributed by atoms with Crippen LogP contribution in [0, 0.1) is 26.2 Å². The van der Waals surface area contributed by atoms with Gasteiger partial charge in [0.2, 0.25) is 0 Å². The fourth-order valence-electron chi connectivity index (χ4n) is 4.88. The molecule has 1 unspecified atom stereocenters. The lowest BCUT2D eigenvalue weighted by Crippen LogP contribution is -2.40. The van der Waals surface area contributed by atoms with Crippen molar-refractivity contribution < 1.29 is 19.4 Å². The van der Waals surface area contributed by atoms with Gasteiger partial charge in [0.05, 0.1) is 19.2 Å². The lowest BCUT2D eigenvalue weighted by atomic mass is 9.72. The molecule has 10 heteroatoms. The van der Waals surface area contributed by atoms with Gasteiger partial charge in [-0.2, -0.15) is 0 Å². The monoisotopic (exact) mass is 536 g/mol. The third-order valence-electron chi connectivity index (χ3n) is 6.98. The summed E-state index contributed by atoms with van der Waals surface area (Å²) in [7, 11) is 1.31. The van der Waals surface area contributed by atoms with Gasteiger partial charge in [-0.05, 0) is 37.5 Å². The van der Waals surface area contributed by atoms with E-state index in [4.69, 9.17) is 21.3 Å². The Labute approximate surface area is 223 Å². The summed E-state index contributed by atoms with van der Waals surface area (Å²) in [6, 6.07) is 8.82. The number of allylic oxidation sites excluding steroid dienone is 3. The first kappa shape index (κ1) is 25.1. The molecule has 0 saturated heterocycles. The number of fused-ring (bicyclic) bond motifs is 3. The minimum Gasteiger partial charge on any atom is -0.480 e. The highest BCUT2D eigenvalue weighted by molar-refractivity contribution is 7.15. The first-order valence-electron chi connectivity index (χ1n) is 11.7. The SMILES string of the molecule is COC(=O)C[C@@H]1N=C(C2(C(=O)O)C=CC(c3ccccc3)=C(Cl)C2)c2c(sc(C)c2C)-n2c(C)nnc21. The molecular weight excluding hydrogens is 512 g/mol. The van der Waals surface area contributed by atoms with E-state index in [1.165, 1.54) is 18.4 Å². The van der Waals surface area contributed by atoms with Crippen molar-refractivity contribution in [2.75, 3.05) is 7.11 Å². The molecule has 3 aromatic rings. The third-order valence-corrected chi connectivity index (χ3v) is 8.51. The van der Waals surface area contributed by atoms with Gasteiger partial charge in [0.25, 0.3) is 0 Å². The van der Waals surface area contributed by atoms with Gasteiger partial charge in [-0.25, -0.2) is 0 Å². The molecule has 190 valence electrons. The summed E-state index contributed by atoms with van der Waals surface area (Å²) in [4.78, 5) is 31.5. The number of carbonyl (C=O) groups is 2. The Bertz CT molecular complexity index is 1520. The van der Waals surface area contributed by atoms with E-state index in [-0.39, 0.29) is 12.8 Å². The number of carbonyl (C=O) groups excluding carboxylic acids is 1. The number of esters is 1. The van der Waals surface area contributed by atoms with Crippen molar-refractivity contribution in [2.45, 2.75) is 39.7 Å². The first-order chi connectivity index (χ1) is 17.7. The van der Waals surface area contributed by atoms with E-state index in [0.717, 1.165) is 26.6 Å². The van der Waals surface area contributed by atoms with Crippen LogP contribution in [0.3, 0.4) is 0 Å². The molecule has 0 amide bonds. The molecule has 5 rings (SSSR count). The van der Waals surface area contributed by atoms with E-state index in [9.17, 15) is 14.7 Å². The molecule has 0 radical (unpaired) electrons. The molecular formula is C27H25ClN4O4S. The van der Waals surface area contributed by atoms with E-state index in [2.05, 4.69) is 10.2 Å². The molecule has 1 aromatic carbocycles. The standard InChI is InChI=1S/C27H25ClN4O4S/c1-14-15(2)37-25-22(14)23(29-20(12-21(33)36-4)24-31-30-16(3)32(24)25)27(26(34)35)11-10-18(19(28)13-27)17-8-6-5-7-9-17/h5-11,20H,12-13H2,1-4H3,(H,34,35)/t20-,27?/m0/s1. The van der Waals surface area contributed by atoms with Crippen molar-refractivity contribution in [1.82, 2.24) is 14.8 Å². The molecule has 37 heavy (non-hydrogen) atoms. The Kier molecular flexibility index (Phi) is 6.37. The zero-order chi connectivity index (χ0) is 26.5. The Morgan fingerprint density at radius 1 is 1.22 bits per heavy atom. The number of benzene rings is 1. The molecule has 0 bridgehead atoms. The number of halogens is 1. The molecule has 1 aliphatic carbocycles. The molecule has 2 atom stereocenters. The van der Waals surface area contributed by atoms with E-state index in [0.29, 0.717) is 28.0 Å². The molecule has 0 fully saturated rings.